The molecule has 0 unspecified atom stereocenters. The van der Waals surface area contributed by atoms with E-state index >= 15 is 0 Å². The molecule has 0 saturated heterocycles. The predicted octanol–water partition coefficient (Wildman–Crippen LogP) is 13.0. The first-order chi connectivity index (χ1) is 26.6. The fraction of sp³-hybridized carbons (Fsp3) is 0.235. The number of fused-ring (bicyclic) bond motifs is 2. The maximum Gasteiger partial charge on any atom is 0.148 e. The third kappa shape index (κ3) is 7.70. The zero-order valence-corrected chi connectivity index (χ0v) is 36.4. The van der Waals surface area contributed by atoms with Crippen LogP contribution in [0.1, 0.15) is 79.0 Å². The van der Waals surface area contributed by atoms with Crippen LogP contribution in [0.5, 0.6) is 5.75 Å². The first-order valence-corrected chi connectivity index (χ1v) is 19.4. The van der Waals surface area contributed by atoms with Crippen molar-refractivity contribution in [2.75, 3.05) is 0 Å². The van der Waals surface area contributed by atoms with Gasteiger partial charge in [-0.25, -0.2) is 4.98 Å². The second kappa shape index (κ2) is 14.8. The summed E-state index contributed by atoms with van der Waals surface area (Å²) in [5.41, 5.74) is 13.2. The topological polar surface area (TPSA) is 63.8 Å². The average Bonchev–Trinajstić information content (AvgIpc) is 3.56. The molecule has 57 heavy (non-hydrogen) atoms. The van der Waals surface area contributed by atoms with Crippen LogP contribution in [0.4, 0.5) is 0 Å². The van der Waals surface area contributed by atoms with Gasteiger partial charge in [-0.1, -0.05) is 146 Å². The zero-order chi connectivity index (χ0) is 39.6. The summed E-state index contributed by atoms with van der Waals surface area (Å²) in [5, 5.41) is 12.6. The van der Waals surface area contributed by atoms with Crippen molar-refractivity contribution in [1.82, 2.24) is 19.5 Å². The first-order valence-electron chi connectivity index (χ1n) is 19.4. The molecule has 8 aromatic rings. The van der Waals surface area contributed by atoms with Crippen molar-refractivity contribution >= 4 is 21.9 Å². The monoisotopic (exact) mass is 928 g/mol. The van der Waals surface area contributed by atoms with Gasteiger partial charge in [0.15, 0.2) is 0 Å². The van der Waals surface area contributed by atoms with E-state index in [0.29, 0.717) is 11.4 Å². The van der Waals surface area contributed by atoms with Crippen LogP contribution < -0.4 is 0 Å². The fourth-order valence-corrected chi connectivity index (χ4v) is 7.40. The second-order valence-corrected chi connectivity index (χ2v) is 18.0. The Labute approximate surface area is 351 Å². The van der Waals surface area contributed by atoms with E-state index < -0.39 is 0 Å². The number of aromatic hydroxyl groups is 1. The molecule has 0 aliphatic carbocycles. The molecule has 290 valence electrons. The van der Waals surface area contributed by atoms with Crippen molar-refractivity contribution in [2.24, 2.45) is 0 Å². The molecule has 0 amide bonds. The summed E-state index contributed by atoms with van der Waals surface area (Å²) in [5.74, 6) is 0.850. The van der Waals surface area contributed by atoms with Crippen LogP contribution in [0.25, 0.3) is 72.5 Å². The van der Waals surface area contributed by atoms with Gasteiger partial charge < -0.3 is 5.11 Å². The third-order valence-electron chi connectivity index (χ3n) is 10.8. The van der Waals surface area contributed by atoms with Crippen LogP contribution in [-0.2, 0) is 37.3 Å². The van der Waals surface area contributed by atoms with E-state index in [1.54, 1.807) is 6.07 Å². The molecule has 3 heterocycles. The molecular formula is C51H49N4OPt-. The Morgan fingerprint density at radius 3 is 1.89 bits per heavy atom. The number of benzene rings is 5. The van der Waals surface area contributed by atoms with E-state index in [-0.39, 0.29) is 43.1 Å². The summed E-state index contributed by atoms with van der Waals surface area (Å²) in [4.78, 5) is 15.2. The number of phenolic OH excluding ortho intramolecular Hbond substituents is 1. The van der Waals surface area contributed by atoms with Gasteiger partial charge in [0.25, 0.3) is 0 Å². The van der Waals surface area contributed by atoms with E-state index in [2.05, 4.69) is 158 Å². The number of pyridine rings is 2. The number of nitrogens with zero attached hydrogens (tertiary/aromatic N) is 4. The SMILES string of the molecule is CC(C)(C)c1ccc(-n2c(-c3cc(C(C)(C)C)ccc3O)nc3c(-c4[c-]c(-c5cc(C(C)(C)C)cc6cccnc56)ncc4)cc(-c4ccccc4)cc32)cc1.[Pt]. The van der Waals surface area contributed by atoms with Crippen LogP contribution >= 0.6 is 0 Å². The van der Waals surface area contributed by atoms with Gasteiger partial charge in [0.1, 0.15) is 11.6 Å². The molecule has 5 nitrogen and oxygen atoms in total. The molecule has 8 rings (SSSR count). The minimum absolute atomic E-state index is 0. The molecule has 0 aliphatic rings. The number of imidazole rings is 1. The molecule has 0 radical (unpaired) electrons. The van der Waals surface area contributed by atoms with Crippen molar-refractivity contribution in [3.05, 3.63) is 150 Å². The molecule has 1 N–H and O–H groups in total. The van der Waals surface area contributed by atoms with Crippen LogP contribution in [0.2, 0.25) is 0 Å². The van der Waals surface area contributed by atoms with E-state index in [1.807, 2.05) is 36.7 Å². The largest absolute Gasteiger partial charge is 0.507 e. The summed E-state index contributed by atoms with van der Waals surface area (Å²) in [7, 11) is 0. The minimum Gasteiger partial charge on any atom is -0.507 e. The Bertz CT molecular complexity index is 2750. The van der Waals surface area contributed by atoms with Crippen molar-refractivity contribution in [1.29, 1.82) is 0 Å². The van der Waals surface area contributed by atoms with Crippen molar-refractivity contribution in [3.8, 4) is 56.3 Å². The van der Waals surface area contributed by atoms with Crippen molar-refractivity contribution in [3.63, 3.8) is 0 Å². The predicted molar refractivity (Wildman–Crippen MR) is 233 cm³/mol. The number of aromatic nitrogens is 4. The third-order valence-corrected chi connectivity index (χ3v) is 10.8. The molecule has 0 bridgehead atoms. The quantitative estimate of drug-likeness (QED) is 0.175. The Balaban J connectivity index is 0.00000496. The minimum atomic E-state index is -0.134. The molecule has 0 fully saturated rings. The summed E-state index contributed by atoms with van der Waals surface area (Å²) in [6.45, 7) is 19.9. The summed E-state index contributed by atoms with van der Waals surface area (Å²) < 4.78 is 2.20. The van der Waals surface area contributed by atoms with E-state index in [9.17, 15) is 5.11 Å². The van der Waals surface area contributed by atoms with Crippen LogP contribution in [0.15, 0.2) is 128 Å². The Morgan fingerprint density at radius 2 is 1.21 bits per heavy atom. The second-order valence-electron chi connectivity index (χ2n) is 18.0. The van der Waals surface area contributed by atoms with Crippen molar-refractivity contribution < 1.29 is 26.2 Å². The van der Waals surface area contributed by atoms with E-state index in [1.165, 1.54) is 11.1 Å². The van der Waals surface area contributed by atoms with E-state index in [4.69, 9.17) is 15.0 Å². The maximum atomic E-state index is 11.6. The number of rotatable bonds is 5. The molecule has 5 aromatic carbocycles. The van der Waals surface area contributed by atoms with Crippen LogP contribution in [-0.4, -0.2) is 24.6 Å². The van der Waals surface area contributed by atoms with Gasteiger partial charge in [-0.15, -0.1) is 17.7 Å². The number of hydrogen-bond acceptors (Lipinski definition) is 4. The summed E-state index contributed by atoms with van der Waals surface area (Å²) in [6.07, 6.45) is 3.70. The molecular weight excluding hydrogens is 880 g/mol. The van der Waals surface area contributed by atoms with Gasteiger partial charge in [-0.3, -0.25) is 14.5 Å². The first kappa shape index (κ1) is 39.8. The van der Waals surface area contributed by atoms with Gasteiger partial charge in [0, 0.05) is 38.5 Å². The summed E-state index contributed by atoms with van der Waals surface area (Å²) in [6, 6.07) is 43.8. The molecule has 0 spiro atoms. The van der Waals surface area contributed by atoms with Gasteiger partial charge in [0.05, 0.1) is 16.6 Å². The molecule has 0 aliphatic heterocycles. The summed E-state index contributed by atoms with van der Waals surface area (Å²) >= 11 is 0. The van der Waals surface area contributed by atoms with Gasteiger partial charge in [-0.2, -0.15) is 0 Å². The van der Waals surface area contributed by atoms with Crippen molar-refractivity contribution in [2.45, 2.75) is 78.6 Å². The standard InChI is InChI=1S/C51H49N4O.Pt/c1-49(2,3)36-17-20-39(21-18-36)55-44-29-35(32-14-11-10-12-15-32)27-40(47(44)54-48(55)42-30-37(50(4,5)6)19-22-45(42)56)33-23-25-52-43(28-33)41-31-38(51(7,8)9)26-34-16-13-24-53-46(34)41;/h10-27,29-31,56H,1-9H3;/q-1;. The van der Waals surface area contributed by atoms with Gasteiger partial charge >= 0.3 is 0 Å². The van der Waals surface area contributed by atoms with Gasteiger partial charge in [-0.05, 0) is 97.7 Å². The Kier molecular flexibility index (Phi) is 10.4. The maximum absolute atomic E-state index is 11.6. The molecule has 0 saturated carbocycles. The zero-order valence-electron chi connectivity index (χ0n) is 34.2. The molecule has 3 aromatic heterocycles. The van der Waals surface area contributed by atoms with Gasteiger partial charge in [0.2, 0.25) is 0 Å². The average molecular weight is 929 g/mol. The van der Waals surface area contributed by atoms with Crippen LogP contribution in [0, 0.1) is 6.07 Å². The smallest absolute Gasteiger partial charge is 0.148 e. The normalized spacial score (nSPS) is 12.2. The molecule has 6 heteroatoms. The van der Waals surface area contributed by atoms with E-state index in [0.717, 1.165) is 66.7 Å². The van der Waals surface area contributed by atoms with Crippen LogP contribution in [0.3, 0.4) is 0 Å². The fourth-order valence-electron chi connectivity index (χ4n) is 7.40. The Morgan fingerprint density at radius 1 is 0.544 bits per heavy atom. The number of phenols is 1. The molecule has 0 atom stereocenters. The number of hydrogen-bond donors (Lipinski definition) is 1. The Hall–Kier alpha value is -5.38.